The first-order chi connectivity index (χ1) is 11.7. The molecule has 4 rings (SSSR count). The van der Waals surface area contributed by atoms with Gasteiger partial charge in [0.25, 0.3) is 11.8 Å². The van der Waals surface area contributed by atoms with E-state index in [0.717, 1.165) is 9.79 Å². The molecule has 2 aliphatic heterocycles. The van der Waals surface area contributed by atoms with Crippen molar-refractivity contribution in [2.24, 2.45) is 0 Å². The highest BCUT2D eigenvalue weighted by atomic mass is 32.2. The first-order valence-corrected chi connectivity index (χ1v) is 9.55. The molecule has 0 aliphatic carbocycles. The summed E-state index contributed by atoms with van der Waals surface area (Å²) in [5.74, 6) is -0.296. The predicted octanol–water partition coefficient (Wildman–Crippen LogP) is 2.57. The van der Waals surface area contributed by atoms with Crippen molar-refractivity contribution in [2.45, 2.75) is 33.1 Å². The molecule has 0 aromatic heterocycles. The molecule has 2 aromatic carbocycles. The van der Waals surface area contributed by atoms with Crippen molar-refractivity contribution in [1.82, 2.24) is 10.9 Å². The lowest BCUT2D eigenvalue weighted by Crippen LogP contribution is -2.48. The fourth-order valence-corrected chi connectivity index (χ4v) is 5.33. The number of hydrazine groups is 1. The Kier molecular flexibility index (Phi) is 4.24. The molecule has 0 bridgehead atoms. The maximum atomic E-state index is 12.3. The number of thioether (sulfide) groups is 2. The first kappa shape index (κ1) is 15.6. The van der Waals surface area contributed by atoms with Crippen molar-refractivity contribution in [3.63, 3.8) is 0 Å². The number of hydrogen-bond donors (Lipinski definition) is 2. The van der Waals surface area contributed by atoms with Gasteiger partial charge in [0.2, 0.25) is 0 Å². The molecule has 2 atom stereocenters. The molecule has 6 heteroatoms. The second kappa shape index (κ2) is 6.53. The molecule has 122 valence electrons. The quantitative estimate of drug-likeness (QED) is 0.812. The van der Waals surface area contributed by atoms with Gasteiger partial charge in [0.15, 0.2) is 0 Å². The number of benzene rings is 2. The number of carbonyl (C=O) groups excluding carboxylic acids is 2. The van der Waals surface area contributed by atoms with E-state index in [0.29, 0.717) is 12.8 Å². The third kappa shape index (κ3) is 3.03. The highest BCUT2D eigenvalue weighted by Crippen LogP contribution is 2.37. The second-order valence-corrected chi connectivity index (χ2v) is 8.30. The lowest BCUT2D eigenvalue weighted by atomic mass is 10.1. The summed E-state index contributed by atoms with van der Waals surface area (Å²) in [6, 6.07) is 16.1. The van der Waals surface area contributed by atoms with Crippen LogP contribution in [-0.2, 0) is 22.4 Å². The van der Waals surface area contributed by atoms with E-state index in [1.807, 2.05) is 48.5 Å². The molecule has 0 radical (unpaired) electrons. The van der Waals surface area contributed by atoms with E-state index >= 15 is 0 Å². The minimum atomic E-state index is -0.184. The lowest BCUT2D eigenvalue weighted by molar-refractivity contribution is -0.128. The fraction of sp³-hybridized carbons (Fsp3) is 0.222. The minimum absolute atomic E-state index is 0.148. The van der Waals surface area contributed by atoms with Crippen molar-refractivity contribution in [3.05, 3.63) is 59.7 Å². The van der Waals surface area contributed by atoms with Gasteiger partial charge >= 0.3 is 0 Å². The number of amides is 2. The van der Waals surface area contributed by atoms with E-state index in [-0.39, 0.29) is 22.3 Å². The van der Waals surface area contributed by atoms with Crippen LogP contribution in [0.1, 0.15) is 11.1 Å². The molecule has 0 fully saturated rings. The first-order valence-electron chi connectivity index (χ1n) is 7.79. The van der Waals surface area contributed by atoms with Crippen LogP contribution in [0.4, 0.5) is 0 Å². The van der Waals surface area contributed by atoms with Crippen LogP contribution in [0.25, 0.3) is 0 Å². The van der Waals surface area contributed by atoms with Crippen LogP contribution < -0.4 is 10.9 Å². The van der Waals surface area contributed by atoms with Crippen molar-refractivity contribution in [3.8, 4) is 0 Å². The summed E-state index contributed by atoms with van der Waals surface area (Å²) < 4.78 is 0. The molecular formula is C18H16N2O2S2. The fourth-order valence-electron chi connectivity index (χ4n) is 2.94. The summed E-state index contributed by atoms with van der Waals surface area (Å²) >= 11 is 3.10. The van der Waals surface area contributed by atoms with Crippen molar-refractivity contribution in [2.75, 3.05) is 0 Å². The SMILES string of the molecule is O=C(NNC(=O)C1Cc2ccccc2S1)C1Cc2ccccc2S1. The molecule has 2 aromatic rings. The van der Waals surface area contributed by atoms with Crippen LogP contribution in [0.2, 0.25) is 0 Å². The van der Waals surface area contributed by atoms with Crippen LogP contribution >= 0.6 is 23.5 Å². The number of hydrogen-bond acceptors (Lipinski definition) is 4. The Labute approximate surface area is 148 Å². The van der Waals surface area contributed by atoms with Gasteiger partial charge in [-0.3, -0.25) is 20.4 Å². The van der Waals surface area contributed by atoms with E-state index in [9.17, 15) is 9.59 Å². The molecule has 2 heterocycles. The standard InChI is InChI=1S/C18H16N2O2S2/c21-17(15-9-11-5-1-3-7-13(11)23-15)19-20-18(22)16-10-12-6-2-4-8-14(12)24-16/h1-8,15-16H,9-10H2,(H,19,21)(H,20,22). The van der Waals surface area contributed by atoms with Gasteiger partial charge in [-0.1, -0.05) is 36.4 Å². The molecule has 2 aliphatic rings. The number of carbonyl (C=O) groups is 2. The van der Waals surface area contributed by atoms with Crippen LogP contribution in [0, 0.1) is 0 Å². The van der Waals surface area contributed by atoms with Crippen LogP contribution in [0.5, 0.6) is 0 Å². The third-order valence-corrected chi connectivity index (χ3v) is 6.82. The smallest absolute Gasteiger partial charge is 0.252 e. The Bertz CT molecular complexity index is 692. The monoisotopic (exact) mass is 356 g/mol. The summed E-state index contributed by atoms with van der Waals surface area (Å²) in [6.07, 6.45) is 1.40. The van der Waals surface area contributed by atoms with Crippen molar-refractivity contribution < 1.29 is 9.59 Å². The molecule has 24 heavy (non-hydrogen) atoms. The molecule has 0 saturated heterocycles. The number of fused-ring (bicyclic) bond motifs is 2. The molecule has 0 spiro atoms. The summed E-state index contributed by atoms with van der Waals surface area (Å²) in [4.78, 5) is 26.9. The van der Waals surface area contributed by atoms with Gasteiger partial charge in [0.1, 0.15) is 0 Å². The number of nitrogens with one attached hydrogen (secondary N) is 2. The maximum absolute atomic E-state index is 12.3. The summed E-state index contributed by atoms with van der Waals surface area (Å²) in [7, 11) is 0. The van der Waals surface area contributed by atoms with Gasteiger partial charge in [0.05, 0.1) is 10.5 Å². The van der Waals surface area contributed by atoms with Crippen LogP contribution in [-0.4, -0.2) is 22.3 Å². The van der Waals surface area contributed by atoms with Gasteiger partial charge in [-0.2, -0.15) is 0 Å². The van der Waals surface area contributed by atoms with Gasteiger partial charge in [-0.15, -0.1) is 23.5 Å². The van der Waals surface area contributed by atoms with Gasteiger partial charge in [-0.05, 0) is 36.1 Å². The van der Waals surface area contributed by atoms with Crippen molar-refractivity contribution >= 4 is 35.3 Å². The van der Waals surface area contributed by atoms with E-state index in [1.54, 1.807) is 23.5 Å². The Morgan fingerprint density at radius 1 is 0.750 bits per heavy atom. The van der Waals surface area contributed by atoms with Crippen LogP contribution in [0.3, 0.4) is 0 Å². The Hall–Kier alpha value is -1.92. The molecule has 0 saturated carbocycles. The highest BCUT2D eigenvalue weighted by molar-refractivity contribution is 8.01. The van der Waals surface area contributed by atoms with E-state index in [4.69, 9.17) is 0 Å². The van der Waals surface area contributed by atoms with Gasteiger partial charge in [-0.25, -0.2) is 0 Å². The molecule has 2 amide bonds. The van der Waals surface area contributed by atoms with Crippen molar-refractivity contribution in [1.29, 1.82) is 0 Å². The zero-order valence-electron chi connectivity index (χ0n) is 12.8. The highest BCUT2D eigenvalue weighted by Gasteiger charge is 2.31. The lowest BCUT2D eigenvalue weighted by Gasteiger charge is -2.13. The maximum Gasteiger partial charge on any atom is 0.252 e. The van der Waals surface area contributed by atoms with E-state index < -0.39 is 0 Å². The molecule has 2 N–H and O–H groups in total. The van der Waals surface area contributed by atoms with E-state index in [1.165, 1.54) is 11.1 Å². The summed E-state index contributed by atoms with van der Waals surface area (Å²) in [6.45, 7) is 0. The Morgan fingerprint density at radius 3 is 1.58 bits per heavy atom. The normalized spacial score (nSPS) is 21.0. The van der Waals surface area contributed by atoms with E-state index in [2.05, 4.69) is 10.9 Å². The molecule has 4 nitrogen and oxygen atoms in total. The topological polar surface area (TPSA) is 58.2 Å². The molecular weight excluding hydrogens is 340 g/mol. The van der Waals surface area contributed by atoms with Gasteiger partial charge in [0, 0.05) is 9.79 Å². The summed E-state index contributed by atoms with van der Waals surface area (Å²) in [5, 5.41) is -0.368. The zero-order chi connectivity index (χ0) is 16.5. The van der Waals surface area contributed by atoms with Crippen LogP contribution in [0.15, 0.2) is 58.3 Å². The van der Waals surface area contributed by atoms with Gasteiger partial charge < -0.3 is 0 Å². The largest absolute Gasteiger partial charge is 0.272 e. The second-order valence-electron chi connectivity index (χ2n) is 5.82. The molecule has 2 unspecified atom stereocenters. The predicted molar refractivity (Wildman–Crippen MR) is 95.9 cm³/mol. The Morgan fingerprint density at radius 2 is 1.17 bits per heavy atom. The third-order valence-electron chi connectivity index (χ3n) is 4.19. The summed E-state index contributed by atoms with van der Waals surface area (Å²) in [5.41, 5.74) is 7.56. The number of rotatable bonds is 2. The minimum Gasteiger partial charge on any atom is -0.272 e. The average Bonchev–Trinajstić information content (AvgIpc) is 3.23. The Balaban J connectivity index is 1.30. The average molecular weight is 356 g/mol. The zero-order valence-corrected chi connectivity index (χ0v) is 14.5.